The Morgan fingerprint density at radius 3 is 2.52 bits per heavy atom. The van der Waals surface area contributed by atoms with Crippen LogP contribution in [0, 0.1) is 0 Å². The van der Waals surface area contributed by atoms with Crippen LogP contribution < -0.4 is 10.1 Å². The number of ether oxygens (including phenoxy) is 1. The second-order valence-corrected chi connectivity index (χ2v) is 7.45. The summed E-state index contributed by atoms with van der Waals surface area (Å²) in [6.45, 7) is 2.17. The largest absolute Gasteiger partial charge is 0.497 e. The highest BCUT2D eigenvalue weighted by Gasteiger charge is 2.14. The van der Waals surface area contributed by atoms with Gasteiger partial charge in [-0.25, -0.2) is 4.98 Å². The van der Waals surface area contributed by atoms with Gasteiger partial charge in [0.25, 0.3) is 0 Å². The Morgan fingerprint density at radius 1 is 1.12 bits per heavy atom. The van der Waals surface area contributed by atoms with Gasteiger partial charge in [0.2, 0.25) is 0 Å². The Balaban J connectivity index is 1.93. The number of aryl methyl sites for hydroxylation is 1. The van der Waals surface area contributed by atoms with Crippen molar-refractivity contribution < 1.29 is 4.74 Å². The molecule has 1 aromatic heterocycles. The maximum Gasteiger partial charge on any atom is 0.188 e. The minimum absolute atomic E-state index is 0.575. The van der Waals surface area contributed by atoms with Crippen molar-refractivity contribution in [3.05, 3.63) is 57.4 Å². The van der Waals surface area contributed by atoms with E-state index in [2.05, 4.69) is 12.2 Å². The monoisotopic (exact) mass is 392 g/mol. The molecular weight excluding hydrogens is 375 g/mol. The first-order valence-corrected chi connectivity index (χ1v) is 9.54. The molecular formula is C19H18Cl2N2OS. The molecule has 0 aliphatic carbocycles. The Kier molecular flexibility index (Phi) is 5.84. The van der Waals surface area contributed by atoms with Gasteiger partial charge in [-0.3, -0.25) is 0 Å². The molecule has 0 bridgehead atoms. The van der Waals surface area contributed by atoms with Crippen molar-refractivity contribution in [1.29, 1.82) is 0 Å². The van der Waals surface area contributed by atoms with Gasteiger partial charge in [-0.15, -0.1) is 11.3 Å². The van der Waals surface area contributed by atoms with Crippen molar-refractivity contribution in [1.82, 2.24) is 4.98 Å². The van der Waals surface area contributed by atoms with E-state index in [9.17, 15) is 0 Å². The zero-order valence-electron chi connectivity index (χ0n) is 14.0. The molecule has 0 spiro atoms. The van der Waals surface area contributed by atoms with Crippen molar-refractivity contribution in [2.75, 3.05) is 12.4 Å². The number of hydrogen-bond donors (Lipinski definition) is 1. The number of hydrogen-bond acceptors (Lipinski definition) is 4. The van der Waals surface area contributed by atoms with E-state index in [0.717, 1.165) is 40.7 Å². The van der Waals surface area contributed by atoms with Gasteiger partial charge in [0, 0.05) is 15.5 Å². The van der Waals surface area contributed by atoms with E-state index in [1.807, 2.05) is 30.3 Å². The van der Waals surface area contributed by atoms with Crippen LogP contribution >= 0.6 is 34.5 Å². The SMILES string of the molecule is CCCc1sc(Nc2ccc(Cl)cc2Cl)nc1-c1ccc(OC)cc1. The van der Waals surface area contributed by atoms with Crippen LogP contribution in [0.1, 0.15) is 18.2 Å². The molecule has 0 aliphatic heterocycles. The first-order valence-electron chi connectivity index (χ1n) is 7.97. The van der Waals surface area contributed by atoms with E-state index in [0.29, 0.717) is 10.0 Å². The van der Waals surface area contributed by atoms with Crippen LogP contribution in [-0.4, -0.2) is 12.1 Å². The molecule has 0 fully saturated rings. The third-order valence-electron chi connectivity index (χ3n) is 3.71. The van der Waals surface area contributed by atoms with Gasteiger partial charge >= 0.3 is 0 Å². The summed E-state index contributed by atoms with van der Waals surface area (Å²) in [5.41, 5.74) is 2.88. The van der Waals surface area contributed by atoms with E-state index in [4.69, 9.17) is 32.9 Å². The number of halogens is 2. The average molecular weight is 393 g/mol. The summed E-state index contributed by atoms with van der Waals surface area (Å²) in [4.78, 5) is 6.04. The van der Waals surface area contributed by atoms with Crippen LogP contribution in [-0.2, 0) is 6.42 Å². The number of nitrogens with one attached hydrogen (secondary N) is 1. The number of rotatable bonds is 6. The van der Waals surface area contributed by atoms with Crippen LogP contribution in [0.3, 0.4) is 0 Å². The van der Waals surface area contributed by atoms with Crippen LogP contribution in [0.2, 0.25) is 10.0 Å². The molecule has 0 atom stereocenters. The summed E-state index contributed by atoms with van der Waals surface area (Å²) in [5.74, 6) is 0.835. The molecule has 0 unspecified atom stereocenters. The molecule has 6 heteroatoms. The predicted molar refractivity (Wildman–Crippen MR) is 108 cm³/mol. The highest BCUT2D eigenvalue weighted by atomic mass is 35.5. The number of aromatic nitrogens is 1. The number of anilines is 2. The zero-order chi connectivity index (χ0) is 17.8. The highest BCUT2D eigenvalue weighted by Crippen LogP contribution is 2.36. The van der Waals surface area contributed by atoms with Crippen LogP contribution in [0.25, 0.3) is 11.3 Å². The molecule has 0 amide bonds. The molecule has 3 rings (SSSR count). The van der Waals surface area contributed by atoms with Gasteiger partial charge < -0.3 is 10.1 Å². The lowest BCUT2D eigenvalue weighted by molar-refractivity contribution is 0.415. The fraction of sp³-hybridized carbons (Fsp3) is 0.211. The average Bonchev–Trinajstić information content (AvgIpc) is 3.00. The highest BCUT2D eigenvalue weighted by molar-refractivity contribution is 7.16. The van der Waals surface area contributed by atoms with Crippen molar-refractivity contribution in [3.8, 4) is 17.0 Å². The number of nitrogens with zero attached hydrogens (tertiary/aromatic N) is 1. The van der Waals surface area contributed by atoms with Crippen molar-refractivity contribution in [2.45, 2.75) is 19.8 Å². The Hall–Kier alpha value is -1.75. The van der Waals surface area contributed by atoms with Crippen LogP contribution in [0.5, 0.6) is 5.75 Å². The summed E-state index contributed by atoms with van der Waals surface area (Å²) >= 11 is 13.9. The lowest BCUT2D eigenvalue weighted by Crippen LogP contribution is -1.91. The molecule has 1 heterocycles. The van der Waals surface area contributed by atoms with Crippen molar-refractivity contribution in [3.63, 3.8) is 0 Å². The molecule has 2 aromatic carbocycles. The zero-order valence-corrected chi connectivity index (χ0v) is 16.3. The summed E-state index contributed by atoms with van der Waals surface area (Å²) in [5, 5.41) is 5.31. The fourth-order valence-corrected chi connectivity index (χ4v) is 4.04. The molecule has 0 saturated carbocycles. The van der Waals surface area contributed by atoms with E-state index >= 15 is 0 Å². The second-order valence-electron chi connectivity index (χ2n) is 5.52. The molecule has 3 aromatic rings. The summed E-state index contributed by atoms with van der Waals surface area (Å²) in [6.07, 6.45) is 2.04. The molecule has 25 heavy (non-hydrogen) atoms. The lowest BCUT2D eigenvalue weighted by Gasteiger charge is -2.05. The van der Waals surface area contributed by atoms with E-state index < -0.39 is 0 Å². The number of benzene rings is 2. The Labute approximate surface area is 161 Å². The standard InChI is InChI=1S/C19H18Cl2N2OS/c1-3-4-17-18(12-5-8-14(24-2)9-6-12)23-19(25-17)22-16-10-7-13(20)11-15(16)21/h5-11H,3-4H2,1-2H3,(H,22,23). The van der Waals surface area contributed by atoms with Gasteiger partial charge in [0.1, 0.15) is 5.75 Å². The fourth-order valence-electron chi connectivity index (χ4n) is 2.48. The Morgan fingerprint density at radius 2 is 1.88 bits per heavy atom. The first kappa shape index (κ1) is 18.1. The maximum atomic E-state index is 6.25. The molecule has 1 N–H and O–H groups in total. The number of thiazole rings is 1. The predicted octanol–water partition coefficient (Wildman–Crippen LogP) is 6.82. The smallest absolute Gasteiger partial charge is 0.188 e. The Bertz CT molecular complexity index is 862. The second kappa shape index (κ2) is 8.09. The summed E-state index contributed by atoms with van der Waals surface area (Å²) in [6, 6.07) is 13.4. The molecule has 3 nitrogen and oxygen atoms in total. The van der Waals surface area contributed by atoms with Crippen molar-refractivity contribution >= 4 is 45.4 Å². The van der Waals surface area contributed by atoms with Crippen LogP contribution in [0.15, 0.2) is 42.5 Å². The van der Waals surface area contributed by atoms with Gasteiger partial charge in [-0.2, -0.15) is 0 Å². The summed E-state index contributed by atoms with van der Waals surface area (Å²) < 4.78 is 5.23. The van der Waals surface area contributed by atoms with E-state index in [1.165, 1.54) is 4.88 Å². The molecule has 0 radical (unpaired) electrons. The summed E-state index contributed by atoms with van der Waals surface area (Å²) in [7, 11) is 1.66. The van der Waals surface area contributed by atoms with E-state index in [-0.39, 0.29) is 0 Å². The van der Waals surface area contributed by atoms with Crippen LogP contribution in [0.4, 0.5) is 10.8 Å². The van der Waals surface area contributed by atoms with Crippen molar-refractivity contribution in [2.24, 2.45) is 0 Å². The molecule has 130 valence electrons. The third-order valence-corrected chi connectivity index (χ3v) is 5.29. The topological polar surface area (TPSA) is 34.2 Å². The maximum absolute atomic E-state index is 6.25. The normalized spacial score (nSPS) is 10.7. The lowest BCUT2D eigenvalue weighted by atomic mass is 10.1. The minimum atomic E-state index is 0.575. The third kappa shape index (κ3) is 4.27. The van der Waals surface area contributed by atoms with Gasteiger partial charge in [-0.05, 0) is 48.9 Å². The van der Waals surface area contributed by atoms with Gasteiger partial charge in [-0.1, -0.05) is 36.5 Å². The van der Waals surface area contributed by atoms with Gasteiger partial charge in [0.15, 0.2) is 5.13 Å². The molecule has 0 saturated heterocycles. The molecule has 0 aliphatic rings. The number of methoxy groups -OCH3 is 1. The van der Waals surface area contributed by atoms with E-state index in [1.54, 1.807) is 30.6 Å². The van der Waals surface area contributed by atoms with Gasteiger partial charge in [0.05, 0.1) is 23.5 Å². The quantitative estimate of drug-likeness (QED) is 0.499. The minimum Gasteiger partial charge on any atom is -0.497 e. The first-order chi connectivity index (χ1) is 12.1.